The van der Waals surface area contributed by atoms with Crippen LogP contribution < -0.4 is 30.9 Å². The van der Waals surface area contributed by atoms with Crippen LogP contribution in [0.15, 0.2) is 103 Å². The van der Waals surface area contributed by atoms with E-state index in [4.69, 9.17) is 15.6 Å². The predicted molar refractivity (Wildman–Crippen MR) is 252 cm³/mol. The summed E-state index contributed by atoms with van der Waals surface area (Å²) in [4.78, 5) is 73.5. The lowest BCUT2D eigenvalue weighted by Gasteiger charge is -2.38. The van der Waals surface area contributed by atoms with E-state index in [9.17, 15) is 24.0 Å². The van der Waals surface area contributed by atoms with Crippen LogP contribution in [0.25, 0.3) is 11.3 Å². The molecule has 0 bridgehead atoms. The molecule has 16 heteroatoms. The van der Waals surface area contributed by atoms with Gasteiger partial charge in [-0.25, -0.2) is 9.48 Å². The molecule has 66 heavy (non-hydrogen) atoms. The monoisotopic (exact) mass is 892 g/mol. The largest absolute Gasteiger partial charge is 0.457 e. The maximum atomic E-state index is 13.5. The number of hydrogen-bond donors (Lipinski definition) is 3. The number of imide groups is 1. The standard InChI is InChI=1S/C50H56N10O6/c1-55(33-34-10-14-38(15-11-34)56-28-30-58(31-29-56)49(64)37-6-5-7-39(32-37)59-27-21-43(61)53-50(59)65)24-22-44(62)57-25-19-35(20-26-57)42-18-23-52-48-45(47(51)63)46(54-60(42)48)36-12-16-41(17-13-36)66-40-8-3-2-4-9-40/h2-17,32,35,42,52H,18-31,33H2,1H3,(H2,51,63)(H,53,61,65)/t42-/m0/s1. The minimum Gasteiger partial charge on any atom is -0.457 e. The highest BCUT2D eigenvalue weighted by Gasteiger charge is 2.36. The van der Waals surface area contributed by atoms with Gasteiger partial charge in [-0.3, -0.25) is 29.4 Å². The Morgan fingerprint density at radius 2 is 1.52 bits per heavy atom. The zero-order valence-electron chi connectivity index (χ0n) is 37.2. The van der Waals surface area contributed by atoms with Crippen LogP contribution in [0.3, 0.4) is 0 Å². The summed E-state index contributed by atoms with van der Waals surface area (Å²) < 4.78 is 7.94. The number of ether oxygens (including phenoxy) is 1. The zero-order chi connectivity index (χ0) is 45.7. The molecule has 9 rings (SSSR count). The van der Waals surface area contributed by atoms with Gasteiger partial charge in [0.1, 0.15) is 28.6 Å². The number of piperazine rings is 1. The van der Waals surface area contributed by atoms with Gasteiger partial charge in [-0.1, -0.05) is 36.4 Å². The second kappa shape index (κ2) is 19.5. The number of nitrogens with one attached hydrogen (secondary N) is 2. The van der Waals surface area contributed by atoms with E-state index in [0.29, 0.717) is 98.8 Å². The first-order valence-electron chi connectivity index (χ1n) is 22.9. The molecule has 0 unspecified atom stereocenters. The first-order chi connectivity index (χ1) is 32.1. The number of nitrogens with zero attached hydrogens (tertiary/aromatic N) is 7. The number of amides is 6. The summed E-state index contributed by atoms with van der Waals surface area (Å²) in [7, 11) is 2.04. The minimum absolute atomic E-state index is 0.0815. The molecule has 4 aliphatic rings. The van der Waals surface area contributed by atoms with Crippen LogP contribution in [0.1, 0.15) is 64.4 Å². The maximum Gasteiger partial charge on any atom is 0.328 e. The Labute approximate surface area is 384 Å². The van der Waals surface area contributed by atoms with Crippen LogP contribution in [0.2, 0.25) is 0 Å². The Kier molecular flexibility index (Phi) is 13.0. The van der Waals surface area contributed by atoms with Crippen molar-refractivity contribution >= 4 is 46.9 Å². The topological polar surface area (TPSA) is 179 Å². The van der Waals surface area contributed by atoms with E-state index >= 15 is 0 Å². The molecule has 0 spiro atoms. The van der Waals surface area contributed by atoms with E-state index in [1.54, 1.807) is 24.3 Å². The SMILES string of the molecule is CN(CCC(=O)N1CCC([C@@H]2CCNc3c(C(N)=O)c(-c4ccc(Oc5ccccc5)cc4)nn32)CC1)Cc1ccc(N2CCN(C(=O)c3cccc(N4CCC(=O)NC4=O)c3)CC2)cc1. The number of fused-ring (bicyclic) bond motifs is 1. The molecule has 3 saturated heterocycles. The Morgan fingerprint density at radius 1 is 0.788 bits per heavy atom. The average molecular weight is 893 g/mol. The second-order valence-electron chi connectivity index (χ2n) is 17.6. The van der Waals surface area contributed by atoms with Crippen molar-refractivity contribution in [2.75, 3.05) is 81.1 Å². The van der Waals surface area contributed by atoms with E-state index in [1.165, 1.54) is 4.90 Å². The average Bonchev–Trinajstić information content (AvgIpc) is 3.75. The zero-order valence-corrected chi connectivity index (χ0v) is 37.2. The highest BCUT2D eigenvalue weighted by molar-refractivity contribution is 6.06. The van der Waals surface area contributed by atoms with Crippen LogP contribution in [0.4, 0.5) is 22.0 Å². The van der Waals surface area contributed by atoms with Gasteiger partial charge in [-0.2, -0.15) is 5.10 Å². The van der Waals surface area contributed by atoms with Crippen molar-refractivity contribution in [3.8, 4) is 22.8 Å². The van der Waals surface area contributed by atoms with Crippen LogP contribution in [0.5, 0.6) is 11.5 Å². The molecule has 4 aliphatic heterocycles. The number of rotatable bonds is 13. The van der Waals surface area contributed by atoms with Crippen molar-refractivity contribution in [3.63, 3.8) is 0 Å². The van der Waals surface area contributed by atoms with Crippen molar-refractivity contribution in [1.82, 2.24) is 29.8 Å². The maximum absolute atomic E-state index is 13.5. The number of hydrogen-bond acceptors (Lipinski definition) is 10. The molecule has 3 fully saturated rings. The molecular formula is C50H56N10O6. The van der Waals surface area contributed by atoms with Crippen LogP contribution in [0, 0.1) is 5.92 Å². The van der Waals surface area contributed by atoms with E-state index in [-0.39, 0.29) is 36.7 Å². The number of urea groups is 1. The first-order valence-corrected chi connectivity index (χ1v) is 22.9. The fraction of sp³-hybridized carbons (Fsp3) is 0.360. The third-order valence-corrected chi connectivity index (χ3v) is 13.2. The number of carbonyl (C=O) groups excluding carboxylic acids is 5. The van der Waals surface area contributed by atoms with E-state index in [2.05, 4.69) is 44.7 Å². The smallest absolute Gasteiger partial charge is 0.328 e. The molecule has 16 nitrogen and oxygen atoms in total. The van der Waals surface area contributed by atoms with Gasteiger partial charge in [0.05, 0.1) is 6.04 Å². The fourth-order valence-electron chi connectivity index (χ4n) is 9.63. The molecule has 0 radical (unpaired) electrons. The second-order valence-corrected chi connectivity index (χ2v) is 17.6. The molecule has 6 amide bonds. The lowest BCUT2D eigenvalue weighted by atomic mass is 9.86. The number of anilines is 3. The van der Waals surface area contributed by atoms with Gasteiger partial charge in [0, 0.05) is 101 Å². The van der Waals surface area contributed by atoms with Gasteiger partial charge in [-0.05, 0) is 105 Å². The van der Waals surface area contributed by atoms with Crippen LogP contribution >= 0.6 is 0 Å². The van der Waals surface area contributed by atoms with E-state index in [1.807, 2.05) is 76.1 Å². The summed E-state index contributed by atoms with van der Waals surface area (Å²) in [6.45, 7) is 6.26. The van der Waals surface area contributed by atoms with Gasteiger partial charge in [-0.15, -0.1) is 0 Å². The lowest BCUT2D eigenvalue weighted by molar-refractivity contribution is -0.133. The van der Waals surface area contributed by atoms with Crippen molar-refractivity contribution in [2.45, 2.75) is 44.7 Å². The first kappa shape index (κ1) is 44.0. The Balaban J connectivity index is 0.725. The summed E-state index contributed by atoms with van der Waals surface area (Å²) >= 11 is 0. The summed E-state index contributed by atoms with van der Waals surface area (Å²) in [5.74, 6) is 1.64. The molecule has 1 aromatic heterocycles. The van der Waals surface area contributed by atoms with Gasteiger partial charge < -0.3 is 35.4 Å². The summed E-state index contributed by atoms with van der Waals surface area (Å²) in [6, 6.07) is 32.2. The number of likely N-dealkylation sites (tertiary alicyclic amines) is 1. The Bertz CT molecular complexity index is 2570. The number of nitrogens with two attached hydrogens (primary N) is 1. The molecule has 5 heterocycles. The van der Waals surface area contributed by atoms with Crippen LogP contribution in [-0.4, -0.2) is 120 Å². The quantitative estimate of drug-likeness (QED) is 0.128. The molecule has 4 aromatic carbocycles. The van der Waals surface area contributed by atoms with E-state index < -0.39 is 11.9 Å². The molecule has 342 valence electrons. The molecular weight excluding hydrogens is 837 g/mol. The van der Waals surface area contributed by atoms with Gasteiger partial charge in [0.25, 0.3) is 11.8 Å². The Hall–Kier alpha value is -7.20. The summed E-state index contributed by atoms with van der Waals surface area (Å²) in [6.07, 6.45) is 3.24. The lowest BCUT2D eigenvalue weighted by Crippen LogP contribution is -2.50. The number of carbonyl (C=O) groups is 5. The van der Waals surface area contributed by atoms with Crippen LogP contribution in [-0.2, 0) is 16.1 Å². The molecule has 1 atom stereocenters. The minimum atomic E-state index is -0.526. The Morgan fingerprint density at radius 3 is 2.23 bits per heavy atom. The summed E-state index contributed by atoms with van der Waals surface area (Å²) in [5.41, 5.74) is 11.1. The number of primary amides is 1. The van der Waals surface area contributed by atoms with E-state index in [0.717, 1.165) is 48.4 Å². The number of aromatic nitrogens is 2. The molecule has 5 aromatic rings. The molecule has 0 aliphatic carbocycles. The highest BCUT2D eigenvalue weighted by atomic mass is 16.5. The van der Waals surface area contributed by atoms with Crippen molar-refractivity contribution in [1.29, 1.82) is 0 Å². The normalized spacial score (nSPS) is 17.9. The fourth-order valence-corrected chi connectivity index (χ4v) is 9.63. The number of para-hydroxylation sites is 1. The van der Waals surface area contributed by atoms with Gasteiger partial charge >= 0.3 is 6.03 Å². The third-order valence-electron chi connectivity index (χ3n) is 13.2. The number of benzene rings is 4. The molecule has 0 saturated carbocycles. The number of piperidine rings is 1. The predicted octanol–water partition coefficient (Wildman–Crippen LogP) is 5.97. The van der Waals surface area contributed by atoms with Crippen molar-refractivity contribution < 1.29 is 28.7 Å². The highest BCUT2D eigenvalue weighted by Crippen LogP contribution is 2.40. The van der Waals surface area contributed by atoms with Gasteiger partial charge in [0.15, 0.2) is 0 Å². The third kappa shape index (κ3) is 9.73. The summed E-state index contributed by atoms with van der Waals surface area (Å²) in [5, 5.41) is 10.7. The van der Waals surface area contributed by atoms with Crippen molar-refractivity contribution in [3.05, 3.63) is 120 Å². The molecule has 4 N–H and O–H groups in total. The van der Waals surface area contributed by atoms with Gasteiger partial charge in [0.2, 0.25) is 11.8 Å². The van der Waals surface area contributed by atoms with Crippen molar-refractivity contribution in [2.24, 2.45) is 11.7 Å².